The smallest absolute Gasteiger partial charge is 0.242 e. The van der Waals surface area contributed by atoms with E-state index in [1.807, 2.05) is 37.3 Å². The highest BCUT2D eigenvalue weighted by molar-refractivity contribution is 7.99. The van der Waals surface area contributed by atoms with Crippen LogP contribution in [0, 0.1) is 19.8 Å². The van der Waals surface area contributed by atoms with Gasteiger partial charge in [0.15, 0.2) is 0 Å². The van der Waals surface area contributed by atoms with Crippen LogP contribution in [0.2, 0.25) is 0 Å². The lowest BCUT2D eigenvalue weighted by atomic mass is 10.1. The van der Waals surface area contributed by atoms with Gasteiger partial charge in [-0.15, -0.1) is 11.8 Å². The molecule has 0 aliphatic rings. The molecule has 162 valence electrons. The first-order valence-electron chi connectivity index (χ1n) is 10.5. The van der Waals surface area contributed by atoms with Crippen molar-refractivity contribution in [3.63, 3.8) is 0 Å². The maximum absolute atomic E-state index is 13.1. The Kier molecular flexibility index (Phi) is 9.44. The number of amides is 2. The number of hydrogen-bond acceptors (Lipinski definition) is 3. The van der Waals surface area contributed by atoms with Crippen molar-refractivity contribution in [2.45, 2.75) is 53.0 Å². The summed E-state index contributed by atoms with van der Waals surface area (Å²) in [6, 6.07) is 15.8. The largest absolute Gasteiger partial charge is 0.354 e. The molecule has 0 saturated carbocycles. The molecule has 1 atom stereocenters. The van der Waals surface area contributed by atoms with Gasteiger partial charge >= 0.3 is 0 Å². The van der Waals surface area contributed by atoms with Gasteiger partial charge in [0, 0.05) is 18.8 Å². The van der Waals surface area contributed by atoms with Gasteiger partial charge in [-0.05, 0) is 37.8 Å². The molecule has 1 N–H and O–H groups in total. The van der Waals surface area contributed by atoms with Gasteiger partial charge in [-0.3, -0.25) is 9.59 Å². The Balaban J connectivity index is 2.04. The maximum atomic E-state index is 13.1. The number of carbonyl (C=O) groups is 2. The molecular weight excluding hydrogens is 392 g/mol. The molecule has 0 unspecified atom stereocenters. The molecule has 0 bridgehead atoms. The first kappa shape index (κ1) is 24.0. The van der Waals surface area contributed by atoms with E-state index >= 15 is 0 Å². The van der Waals surface area contributed by atoms with Gasteiger partial charge in [0.1, 0.15) is 6.04 Å². The van der Waals surface area contributed by atoms with Crippen LogP contribution >= 0.6 is 11.8 Å². The molecule has 2 amide bonds. The van der Waals surface area contributed by atoms with Gasteiger partial charge in [0.05, 0.1) is 5.75 Å². The van der Waals surface area contributed by atoms with Crippen molar-refractivity contribution in [3.05, 3.63) is 70.8 Å². The topological polar surface area (TPSA) is 49.4 Å². The second-order valence-corrected chi connectivity index (χ2v) is 9.30. The van der Waals surface area contributed by atoms with E-state index in [0.29, 0.717) is 24.8 Å². The Morgan fingerprint density at radius 2 is 1.60 bits per heavy atom. The van der Waals surface area contributed by atoms with Gasteiger partial charge in [-0.2, -0.15) is 0 Å². The summed E-state index contributed by atoms with van der Waals surface area (Å²) in [5, 5.41) is 2.96. The van der Waals surface area contributed by atoms with Gasteiger partial charge in [-0.1, -0.05) is 73.5 Å². The number of thioether (sulfide) groups is 1. The van der Waals surface area contributed by atoms with Crippen LogP contribution in [0.1, 0.15) is 43.0 Å². The average molecular weight is 427 g/mol. The fraction of sp³-hybridized carbons (Fsp3) is 0.440. The van der Waals surface area contributed by atoms with Crippen molar-refractivity contribution in [3.8, 4) is 0 Å². The third-order valence-corrected chi connectivity index (χ3v) is 5.81. The van der Waals surface area contributed by atoms with Crippen molar-refractivity contribution in [2.24, 2.45) is 5.92 Å². The van der Waals surface area contributed by atoms with Crippen LogP contribution in [0.25, 0.3) is 0 Å². The second kappa shape index (κ2) is 11.8. The van der Waals surface area contributed by atoms with E-state index in [2.05, 4.69) is 51.2 Å². The van der Waals surface area contributed by atoms with Crippen molar-refractivity contribution in [1.82, 2.24) is 10.2 Å². The van der Waals surface area contributed by atoms with Crippen molar-refractivity contribution >= 4 is 23.6 Å². The van der Waals surface area contributed by atoms with Crippen molar-refractivity contribution < 1.29 is 9.59 Å². The SMILES string of the molecule is Cc1cc(C)cc(CSCC(=O)N(Cc2ccccc2)[C@H](C)C(=O)NCC(C)C)c1. The molecule has 4 nitrogen and oxygen atoms in total. The van der Waals surface area contributed by atoms with E-state index in [1.54, 1.807) is 16.7 Å². The van der Waals surface area contributed by atoms with Gasteiger partial charge in [-0.25, -0.2) is 0 Å². The monoisotopic (exact) mass is 426 g/mol. The zero-order valence-corrected chi connectivity index (χ0v) is 19.6. The maximum Gasteiger partial charge on any atom is 0.242 e. The number of hydrogen-bond donors (Lipinski definition) is 1. The molecule has 5 heteroatoms. The Morgan fingerprint density at radius 3 is 2.20 bits per heavy atom. The molecule has 2 aromatic carbocycles. The van der Waals surface area contributed by atoms with Crippen LogP contribution in [0.3, 0.4) is 0 Å². The summed E-state index contributed by atoms with van der Waals surface area (Å²) in [6.45, 7) is 11.1. The van der Waals surface area contributed by atoms with Gasteiger partial charge in [0.2, 0.25) is 11.8 Å². The fourth-order valence-electron chi connectivity index (χ4n) is 3.31. The summed E-state index contributed by atoms with van der Waals surface area (Å²) in [6.07, 6.45) is 0. The fourth-order valence-corrected chi connectivity index (χ4v) is 4.15. The Bertz CT molecular complexity index is 816. The number of nitrogens with zero attached hydrogens (tertiary/aromatic N) is 1. The third kappa shape index (κ3) is 7.86. The molecule has 0 aromatic heterocycles. The Hall–Kier alpha value is -2.27. The zero-order chi connectivity index (χ0) is 22.1. The lowest BCUT2D eigenvalue weighted by Gasteiger charge is -2.29. The summed E-state index contributed by atoms with van der Waals surface area (Å²) in [4.78, 5) is 27.4. The number of benzene rings is 2. The molecular formula is C25H34N2O2S. The van der Waals surface area contributed by atoms with E-state index in [-0.39, 0.29) is 11.8 Å². The summed E-state index contributed by atoms with van der Waals surface area (Å²) in [5.74, 6) is 1.38. The third-order valence-electron chi connectivity index (χ3n) is 4.82. The van der Waals surface area contributed by atoms with E-state index < -0.39 is 6.04 Å². The lowest BCUT2D eigenvalue weighted by molar-refractivity contribution is -0.138. The number of rotatable bonds is 10. The zero-order valence-electron chi connectivity index (χ0n) is 18.8. The van der Waals surface area contributed by atoms with Crippen molar-refractivity contribution in [1.29, 1.82) is 0 Å². The summed E-state index contributed by atoms with van der Waals surface area (Å²) < 4.78 is 0. The van der Waals surface area contributed by atoms with Crippen LogP contribution in [-0.4, -0.2) is 35.1 Å². The van der Waals surface area contributed by atoms with E-state index in [1.165, 1.54) is 16.7 Å². The highest BCUT2D eigenvalue weighted by atomic mass is 32.2. The van der Waals surface area contributed by atoms with Crippen molar-refractivity contribution in [2.75, 3.05) is 12.3 Å². The lowest BCUT2D eigenvalue weighted by Crippen LogP contribution is -2.48. The molecule has 0 spiro atoms. The van der Waals surface area contributed by atoms with Crippen LogP contribution < -0.4 is 5.32 Å². The van der Waals surface area contributed by atoms with E-state index in [4.69, 9.17) is 0 Å². The molecule has 0 saturated heterocycles. The minimum absolute atomic E-state index is 0.0135. The first-order valence-corrected chi connectivity index (χ1v) is 11.7. The number of aryl methyl sites for hydroxylation is 2. The Labute approximate surface area is 185 Å². The van der Waals surface area contributed by atoms with Crippen LogP contribution in [-0.2, 0) is 21.9 Å². The summed E-state index contributed by atoms with van der Waals surface area (Å²) >= 11 is 1.60. The summed E-state index contributed by atoms with van der Waals surface area (Å²) in [7, 11) is 0. The minimum atomic E-state index is -0.515. The molecule has 2 aromatic rings. The van der Waals surface area contributed by atoms with E-state index in [9.17, 15) is 9.59 Å². The molecule has 0 aliphatic heterocycles. The molecule has 0 radical (unpaired) electrons. The highest BCUT2D eigenvalue weighted by Gasteiger charge is 2.26. The normalized spacial score (nSPS) is 11.9. The predicted octanol–water partition coefficient (Wildman–Crippen LogP) is 4.73. The van der Waals surface area contributed by atoms with Gasteiger partial charge in [0.25, 0.3) is 0 Å². The summed E-state index contributed by atoms with van der Waals surface area (Å²) in [5.41, 5.74) is 4.72. The van der Waals surface area contributed by atoms with E-state index in [0.717, 1.165) is 11.3 Å². The second-order valence-electron chi connectivity index (χ2n) is 8.31. The molecule has 0 heterocycles. The minimum Gasteiger partial charge on any atom is -0.354 e. The van der Waals surface area contributed by atoms with Gasteiger partial charge < -0.3 is 10.2 Å². The first-order chi connectivity index (χ1) is 14.3. The van der Waals surface area contributed by atoms with Crippen LogP contribution in [0.4, 0.5) is 0 Å². The van der Waals surface area contributed by atoms with Crippen LogP contribution in [0.5, 0.6) is 0 Å². The molecule has 2 rings (SSSR count). The Morgan fingerprint density at radius 1 is 0.967 bits per heavy atom. The number of nitrogens with one attached hydrogen (secondary N) is 1. The quantitative estimate of drug-likeness (QED) is 0.598. The molecule has 0 aliphatic carbocycles. The van der Waals surface area contributed by atoms with Crippen LogP contribution in [0.15, 0.2) is 48.5 Å². The molecule has 0 fully saturated rings. The number of carbonyl (C=O) groups excluding carboxylic acids is 2. The average Bonchev–Trinajstić information content (AvgIpc) is 2.69. The standard InChI is InChI=1S/C25H34N2O2S/c1-18(2)14-26-25(29)21(5)27(15-22-9-7-6-8-10-22)24(28)17-30-16-23-12-19(3)11-20(4)13-23/h6-13,18,21H,14-17H2,1-5H3,(H,26,29)/t21-/m1/s1. The molecule has 30 heavy (non-hydrogen) atoms. The highest BCUT2D eigenvalue weighted by Crippen LogP contribution is 2.18. The predicted molar refractivity (Wildman–Crippen MR) is 126 cm³/mol.